The fourth-order valence-corrected chi connectivity index (χ4v) is 2.62. The lowest BCUT2D eigenvalue weighted by Crippen LogP contribution is -2.04. The van der Waals surface area contributed by atoms with E-state index in [0.29, 0.717) is 12.3 Å². The molecule has 6 heteroatoms. The van der Waals surface area contributed by atoms with Crippen LogP contribution < -0.4 is 0 Å². The molecule has 0 unspecified atom stereocenters. The van der Waals surface area contributed by atoms with E-state index in [1.165, 1.54) is 11.3 Å². The Morgan fingerprint density at radius 2 is 2.29 bits per heavy atom. The molecule has 0 bridgehead atoms. The van der Waals surface area contributed by atoms with Crippen LogP contribution in [0.15, 0.2) is 5.38 Å². The van der Waals surface area contributed by atoms with E-state index in [1.54, 1.807) is 0 Å². The van der Waals surface area contributed by atoms with Crippen LogP contribution in [0.4, 0.5) is 0 Å². The Labute approximate surface area is 103 Å². The number of rotatable bonds is 5. The maximum Gasteiger partial charge on any atom is 0.303 e. The summed E-state index contributed by atoms with van der Waals surface area (Å²) in [6.45, 7) is 4.26. The molecule has 2 rings (SSSR count). The van der Waals surface area contributed by atoms with Gasteiger partial charge in [-0.3, -0.25) is 9.20 Å². The Bertz CT molecular complexity index is 530. The molecule has 0 saturated carbocycles. The minimum Gasteiger partial charge on any atom is -0.481 e. The summed E-state index contributed by atoms with van der Waals surface area (Å²) in [7, 11) is 0. The van der Waals surface area contributed by atoms with Crippen LogP contribution in [0.2, 0.25) is 0 Å². The third-order valence-electron chi connectivity index (χ3n) is 2.47. The van der Waals surface area contributed by atoms with Gasteiger partial charge in [0, 0.05) is 17.5 Å². The number of aromatic nitrogens is 3. The molecular formula is C11H15N3O2S. The number of aliphatic carboxylic acids is 1. The van der Waals surface area contributed by atoms with Gasteiger partial charge in [0.25, 0.3) is 0 Å². The summed E-state index contributed by atoms with van der Waals surface area (Å²) in [6.07, 6.45) is 1.53. The minimum absolute atomic E-state index is 0.144. The summed E-state index contributed by atoms with van der Waals surface area (Å²) in [5.74, 6) is 0.661. The number of aryl methyl sites for hydroxylation is 1. The zero-order valence-electron chi connectivity index (χ0n) is 9.88. The van der Waals surface area contributed by atoms with Gasteiger partial charge in [0.1, 0.15) is 5.82 Å². The molecule has 1 N–H and O–H groups in total. The van der Waals surface area contributed by atoms with E-state index in [1.807, 2.05) is 9.78 Å². The highest BCUT2D eigenvalue weighted by molar-refractivity contribution is 7.15. The van der Waals surface area contributed by atoms with Crippen LogP contribution in [0, 0.1) is 5.92 Å². The van der Waals surface area contributed by atoms with E-state index in [4.69, 9.17) is 5.11 Å². The van der Waals surface area contributed by atoms with Crippen LogP contribution in [0.25, 0.3) is 4.96 Å². The fraction of sp³-hybridized carbons (Fsp3) is 0.545. The van der Waals surface area contributed by atoms with E-state index in [0.717, 1.165) is 22.9 Å². The monoisotopic (exact) mass is 253 g/mol. The van der Waals surface area contributed by atoms with Gasteiger partial charge in [-0.15, -0.1) is 21.5 Å². The van der Waals surface area contributed by atoms with E-state index in [2.05, 4.69) is 24.0 Å². The Hall–Kier alpha value is -1.43. The van der Waals surface area contributed by atoms with Gasteiger partial charge in [-0.05, 0) is 12.3 Å². The maximum absolute atomic E-state index is 10.6. The molecule has 2 heterocycles. The van der Waals surface area contributed by atoms with Crippen LogP contribution in [0.3, 0.4) is 0 Å². The third kappa shape index (κ3) is 2.63. The smallest absolute Gasteiger partial charge is 0.303 e. The molecule has 0 aliphatic heterocycles. The van der Waals surface area contributed by atoms with Crippen molar-refractivity contribution in [3.63, 3.8) is 0 Å². The number of fused-ring (bicyclic) bond motifs is 1. The molecule has 0 fully saturated rings. The van der Waals surface area contributed by atoms with Crippen molar-refractivity contribution in [1.82, 2.24) is 14.6 Å². The molecule has 0 amide bonds. The molecule has 0 spiro atoms. The molecule has 2 aromatic rings. The molecule has 0 aliphatic rings. The Kier molecular flexibility index (Phi) is 3.42. The summed E-state index contributed by atoms with van der Waals surface area (Å²) in [5, 5.41) is 18.9. The van der Waals surface area contributed by atoms with Crippen molar-refractivity contribution in [3.8, 4) is 0 Å². The van der Waals surface area contributed by atoms with Gasteiger partial charge in [-0.1, -0.05) is 13.8 Å². The number of thiazole rings is 1. The molecule has 0 atom stereocenters. The second-order valence-electron chi connectivity index (χ2n) is 4.45. The van der Waals surface area contributed by atoms with Gasteiger partial charge in [0.05, 0.1) is 6.42 Å². The normalized spacial score (nSPS) is 11.5. The Morgan fingerprint density at radius 3 is 2.94 bits per heavy atom. The van der Waals surface area contributed by atoms with Crippen molar-refractivity contribution in [2.45, 2.75) is 33.1 Å². The topological polar surface area (TPSA) is 67.5 Å². The highest BCUT2D eigenvalue weighted by Crippen LogP contribution is 2.19. The van der Waals surface area contributed by atoms with Crippen molar-refractivity contribution in [3.05, 3.63) is 16.9 Å². The lowest BCUT2D eigenvalue weighted by atomic mass is 10.1. The first kappa shape index (κ1) is 12.0. The molecule has 0 aliphatic carbocycles. The minimum atomic E-state index is -0.775. The zero-order chi connectivity index (χ0) is 12.4. The largest absolute Gasteiger partial charge is 0.481 e. The standard InChI is InChI=1S/C11H15N3O2S/c1-7(2)5-9-12-13-11-14(9)8(6-17-11)3-4-10(15)16/h6-7H,3-5H2,1-2H3,(H,15,16). The highest BCUT2D eigenvalue weighted by atomic mass is 32.1. The van der Waals surface area contributed by atoms with Gasteiger partial charge in [0.2, 0.25) is 4.96 Å². The van der Waals surface area contributed by atoms with Gasteiger partial charge in [-0.25, -0.2) is 0 Å². The number of carboxylic acid groups (broad SMARTS) is 1. The Balaban J connectivity index is 2.29. The number of carbonyl (C=O) groups is 1. The summed E-state index contributed by atoms with van der Waals surface area (Å²) in [4.78, 5) is 11.4. The van der Waals surface area contributed by atoms with E-state index in [9.17, 15) is 4.79 Å². The van der Waals surface area contributed by atoms with Crippen molar-refractivity contribution in [1.29, 1.82) is 0 Å². The number of nitrogens with zero attached hydrogens (tertiary/aromatic N) is 3. The first-order valence-electron chi connectivity index (χ1n) is 5.60. The number of carboxylic acids is 1. The van der Waals surface area contributed by atoms with Crippen LogP contribution in [-0.4, -0.2) is 25.7 Å². The zero-order valence-corrected chi connectivity index (χ0v) is 10.7. The average molecular weight is 253 g/mol. The first-order valence-corrected chi connectivity index (χ1v) is 6.48. The van der Waals surface area contributed by atoms with Crippen LogP contribution in [-0.2, 0) is 17.6 Å². The molecular weight excluding hydrogens is 238 g/mol. The van der Waals surface area contributed by atoms with E-state index < -0.39 is 5.97 Å². The lowest BCUT2D eigenvalue weighted by molar-refractivity contribution is -0.136. The fourth-order valence-electron chi connectivity index (χ4n) is 1.74. The quantitative estimate of drug-likeness (QED) is 0.885. The molecule has 2 aromatic heterocycles. The van der Waals surface area contributed by atoms with Gasteiger partial charge >= 0.3 is 5.97 Å². The summed E-state index contributed by atoms with van der Waals surface area (Å²) >= 11 is 1.51. The van der Waals surface area contributed by atoms with Crippen LogP contribution in [0.5, 0.6) is 0 Å². The molecule has 0 saturated heterocycles. The van der Waals surface area contributed by atoms with Crippen molar-refractivity contribution < 1.29 is 9.90 Å². The number of hydrogen-bond donors (Lipinski definition) is 1. The van der Waals surface area contributed by atoms with Gasteiger partial charge in [-0.2, -0.15) is 0 Å². The first-order chi connectivity index (χ1) is 8.08. The average Bonchev–Trinajstić information content (AvgIpc) is 2.78. The van der Waals surface area contributed by atoms with E-state index in [-0.39, 0.29) is 6.42 Å². The van der Waals surface area contributed by atoms with Crippen molar-refractivity contribution in [2.24, 2.45) is 5.92 Å². The van der Waals surface area contributed by atoms with Gasteiger partial charge < -0.3 is 5.11 Å². The molecule has 0 radical (unpaired) electrons. The summed E-state index contributed by atoms with van der Waals surface area (Å²) in [5.41, 5.74) is 0.994. The van der Waals surface area contributed by atoms with E-state index >= 15 is 0 Å². The van der Waals surface area contributed by atoms with Crippen LogP contribution >= 0.6 is 11.3 Å². The molecule has 5 nitrogen and oxygen atoms in total. The van der Waals surface area contributed by atoms with Crippen LogP contribution in [0.1, 0.15) is 31.8 Å². The van der Waals surface area contributed by atoms with Crippen molar-refractivity contribution in [2.75, 3.05) is 0 Å². The van der Waals surface area contributed by atoms with Crippen molar-refractivity contribution >= 4 is 22.3 Å². The second-order valence-corrected chi connectivity index (χ2v) is 5.29. The highest BCUT2D eigenvalue weighted by Gasteiger charge is 2.13. The summed E-state index contributed by atoms with van der Waals surface area (Å²) in [6, 6.07) is 0. The number of hydrogen-bond acceptors (Lipinski definition) is 4. The SMILES string of the molecule is CC(C)Cc1nnc2scc(CCC(=O)O)n12. The molecule has 0 aromatic carbocycles. The molecule has 17 heavy (non-hydrogen) atoms. The molecule has 92 valence electrons. The Morgan fingerprint density at radius 1 is 1.53 bits per heavy atom. The summed E-state index contributed by atoms with van der Waals surface area (Å²) < 4.78 is 1.99. The lowest BCUT2D eigenvalue weighted by Gasteiger charge is -2.03. The third-order valence-corrected chi connectivity index (χ3v) is 3.34. The predicted molar refractivity (Wildman–Crippen MR) is 65.4 cm³/mol. The predicted octanol–water partition coefficient (Wildman–Crippen LogP) is 2.01. The second kappa shape index (κ2) is 4.83. The maximum atomic E-state index is 10.6. The van der Waals surface area contributed by atoms with Gasteiger partial charge in [0.15, 0.2) is 0 Å².